The number of esters is 4. The number of aromatic amines is 2. The normalized spacial score (nSPS) is 17.1. The van der Waals surface area contributed by atoms with Crippen molar-refractivity contribution in [2.24, 2.45) is 5.92 Å². The molecule has 310 valence electrons. The molecule has 0 fully saturated rings. The average molecular weight is 803 g/mol. The summed E-state index contributed by atoms with van der Waals surface area (Å²) in [6.45, 7) is 14.4. The van der Waals surface area contributed by atoms with Crippen LogP contribution in [-0.2, 0) is 50.0 Å². The third-order valence-corrected chi connectivity index (χ3v) is 12.0. The highest BCUT2D eigenvalue weighted by molar-refractivity contribution is 6.02. The Morgan fingerprint density at radius 2 is 1.47 bits per heavy atom. The second kappa shape index (κ2) is 17.8. The molecule has 12 heteroatoms. The van der Waals surface area contributed by atoms with Gasteiger partial charge in [-0.15, -0.1) is 0 Å². The summed E-state index contributed by atoms with van der Waals surface area (Å²) in [5.41, 5.74) is 10.6. The number of hydrogen-bond donors (Lipinski definition) is 2. The number of allylic oxidation sites excluding steroid dienone is 5. The van der Waals surface area contributed by atoms with Crippen molar-refractivity contribution in [3.8, 4) is 0 Å². The lowest BCUT2D eigenvalue weighted by molar-refractivity contribution is -0.149. The smallest absolute Gasteiger partial charge is 0.334 e. The summed E-state index contributed by atoms with van der Waals surface area (Å²) in [6, 6.07) is 7.79. The maximum absolute atomic E-state index is 14.0. The number of ether oxygens (including phenoxy) is 4. The van der Waals surface area contributed by atoms with Crippen molar-refractivity contribution in [3.63, 3.8) is 0 Å². The largest absolute Gasteiger partial charge is 0.469 e. The van der Waals surface area contributed by atoms with Crippen molar-refractivity contribution >= 4 is 68.7 Å². The van der Waals surface area contributed by atoms with Crippen molar-refractivity contribution in [2.45, 2.75) is 91.4 Å². The monoisotopic (exact) mass is 802 g/mol. The van der Waals surface area contributed by atoms with E-state index in [2.05, 4.69) is 23.5 Å². The molecule has 0 aromatic carbocycles. The standard InChI is InChI=1S/C47H54N4O8/c1-10-12-13-14-21-59-45(54)32-15-18-33-40-23-36-28(5)31(17-20-43(53)57-8)38(49-36)24-37-30(16-19-42(52)56-7)27(4)35(48-37)22-34-26(3)29(11-2)39(50-34)25-41(51-40)47(33,6)44(32)46(55)58-9/h11,15,18,22-25,44,48,50H,2,10,12-14,16-17,19-21H2,1,3-9H3/t44?,47-/m0/s1. The number of H-pyrrole nitrogens is 2. The van der Waals surface area contributed by atoms with Crippen LogP contribution in [0.4, 0.5) is 0 Å². The Labute approximate surface area is 344 Å². The number of hydrogen-bond acceptors (Lipinski definition) is 10. The summed E-state index contributed by atoms with van der Waals surface area (Å²) >= 11 is 0. The minimum atomic E-state index is -1.16. The van der Waals surface area contributed by atoms with Crippen LogP contribution in [0.15, 0.2) is 48.6 Å². The number of rotatable bonds is 14. The Bertz CT molecular complexity index is 2480. The third kappa shape index (κ3) is 8.17. The van der Waals surface area contributed by atoms with Gasteiger partial charge in [0.2, 0.25) is 0 Å². The van der Waals surface area contributed by atoms with E-state index in [0.717, 1.165) is 75.6 Å². The number of nitrogens with one attached hydrogen (secondary N) is 2. The zero-order valence-corrected chi connectivity index (χ0v) is 35.4. The molecule has 3 aromatic rings. The first-order chi connectivity index (χ1) is 28.3. The van der Waals surface area contributed by atoms with E-state index in [-0.39, 0.29) is 37.0 Å². The number of aromatic nitrogens is 4. The van der Waals surface area contributed by atoms with Crippen LogP contribution >= 0.6 is 0 Å². The number of carbonyl (C=O) groups is 4. The van der Waals surface area contributed by atoms with Crippen molar-refractivity contribution in [3.05, 3.63) is 93.6 Å². The zero-order valence-electron chi connectivity index (χ0n) is 35.4. The van der Waals surface area contributed by atoms with Crippen LogP contribution in [0, 0.1) is 19.8 Å². The average Bonchev–Trinajstić information content (AvgIpc) is 3.88. The minimum Gasteiger partial charge on any atom is -0.469 e. The molecule has 0 amide bonds. The predicted molar refractivity (Wildman–Crippen MR) is 229 cm³/mol. The second-order valence-corrected chi connectivity index (χ2v) is 15.4. The van der Waals surface area contributed by atoms with E-state index in [4.69, 9.17) is 28.9 Å². The topological polar surface area (TPSA) is 163 Å². The molecule has 0 spiro atoms. The molecule has 0 radical (unpaired) electrons. The molecule has 0 saturated heterocycles. The lowest BCUT2D eigenvalue weighted by Crippen LogP contribution is -2.42. The molecule has 3 aliphatic rings. The summed E-state index contributed by atoms with van der Waals surface area (Å²) in [5, 5.41) is 0. The molecule has 2 N–H and O–H groups in total. The summed E-state index contributed by atoms with van der Waals surface area (Å²) in [5.74, 6) is -2.91. The zero-order chi connectivity index (χ0) is 42.6. The van der Waals surface area contributed by atoms with Crippen molar-refractivity contribution in [1.29, 1.82) is 0 Å². The third-order valence-electron chi connectivity index (χ3n) is 12.0. The Balaban J connectivity index is 1.67. The molecule has 8 bridgehead atoms. The van der Waals surface area contributed by atoms with Crippen molar-refractivity contribution in [1.82, 2.24) is 19.9 Å². The Kier molecular flexibility index (Phi) is 12.9. The van der Waals surface area contributed by atoms with Gasteiger partial charge in [0.25, 0.3) is 0 Å². The highest BCUT2D eigenvalue weighted by Gasteiger charge is 2.53. The van der Waals surface area contributed by atoms with Gasteiger partial charge in [-0.25, -0.2) is 9.78 Å². The van der Waals surface area contributed by atoms with E-state index in [1.54, 1.807) is 12.2 Å². The lowest BCUT2D eigenvalue weighted by Gasteiger charge is -2.36. The van der Waals surface area contributed by atoms with Gasteiger partial charge in [-0.1, -0.05) is 51.0 Å². The van der Waals surface area contributed by atoms with E-state index < -0.39 is 23.3 Å². The van der Waals surface area contributed by atoms with Crippen molar-refractivity contribution in [2.75, 3.05) is 27.9 Å². The van der Waals surface area contributed by atoms with Crippen LogP contribution in [0.1, 0.15) is 111 Å². The van der Waals surface area contributed by atoms with Gasteiger partial charge < -0.3 is 28.9 Å². The molecule has 5 heterocycles. The Hall–Kier alpha value is -6.04. The van der Waals surface area contributed by atoms with Gasteiger partial charge in [-0.2, -0.15) is 0 Å². The first-order valence-electron chi connectivity index (χ1n) is 20.2. The van der Waals surface area contributed by atoms with Crippen LogP contribution < -0.4 is 0 Å². The molecule has 2 atom stereocenters. The first kappa shape index (κ1) is 42.6. The van der Waals surface area contributed by atoms with E-state index in [9.17, 15) is 19.2 Å². The Morgan fingerprint density at radius 3 is 2.15 bits per heavy atom. The molecule has 1 aliphatic carbocycles. The molecule has 59 heavy (non-hydrogen) atoms. The van der Waals surface area contributed by atoms with Gasteiger partial charge in [-0.05, 0) is 105 Å². The van der Waals surface area contributed by atoms with Crippen molar-refractivity contribution < 1.29 is 38.1 Å². The van der Waals surface area contributed by atoms with Gasteiger partial charge in [0.15, 0.2) is 0 Å². The first-order valence-corrected chi connectivity index (χ1v) is 20.2. The van der Waals surface area contributed by atoms with Gasteiger partial charge in [0.05, 0.1) is 61.7 Å². The highest BCUT2D eigenvalue weighted by Crippen LogP contribution is 2.52. The van der Waals surface area contributed by atoms with Crippen LogP contribution in [0.25, 0.3) is 44.9 Å². The SMILES string of the molecule is C=Cc1c(C)c2cc3[nH]c(cc4nc(cc5nc(cc1[nH]2)[C@]1(C)C5=CC=C(C(=O)OCCCCCC)C1C(=O)OC)C(C)=C4CCC(=O)OC)c(CCC(=O)OC)c3C. The predicted octanol–water partition coefficient (Wildman–Crippen LogP) is 8.76. The van der Waals surface area contributed by atoms with Crippen LogP contribution in [-0.4, -0.2) is 71.7 Å². The quantitative estimate of drug-likeness (QED) is 0.0916. The van der Waals surface area contributed by atoms with Gasteiger partial charge >= 0.3 is 23.9 Å². The fraction of sp³-hybridized carbons (Fsp3) is 0.404. The van der Waals surface area contributed by atoms with E-state index >= 15 is 0 Å². The summed E-state index contributed by atoms with van der Waals surface area (Å²) in [6.07, 6.45) is 10.1. The summed E-state index contributed by atoms with van der Waals surface area (Å²) < 4.78 is 21.2. The molecule has 6 rings (SSSR count). The van der Waals surface area contributed by atoms with Crippen LogP contribution in [0.3, 0.4) is 0 Å². The Morgan fingerprint density at radius 1 is 0.780 bits per heavy atom. The fourth-order valence-electron chi connectivity index (χ4n) is 8.44. The summed E-state index contributed by atoms with van der Waals surface area (Å²) in [4.78, 5) is 70.2. The molecule has 2 aliphatic heterocycles. The second-order valence-electron chi connectivity index (χ2n) is 15.4. The van der Waals surface area contributed by atoms with Gasteiger partial charge in [-0.3, -0.25) is 19.4 Å². The van der Waals surface area contributed by atoms with Gasteiger partial charge in [0, 0.05) is 40.5 Å². The number of methoxy groups -OCH3 is 3. The van der Waals surface area contributed by atoms with Crippen LogP contribution in [0.2, 0.25) is 0 Å². The fourth-order valence-corrected chi connectivity index (χ4v) is 8.44. The van der Waals surface area contributed by atoms with Gasteiger partial charge in [0.1, 0.15) is 5.92 Å². The summed E-state index contributed by atoms with van der Waals surface area (Å²) in [7, 11) is 4.06. The number of unbranched alkanes of at least 4 members (excludes halogenated alkanes) is 3. The molecule has 1 unspecified atom stereocenters. The maximum Gasteiger partial charge on any atom is 0.334 e. The number of nitrogens with zero attached hydrogens (tertiary/aromatic N) is 2. The minimum absolute atomic E-state index is 0.140. The maximum atomic E-state index is 14.0. The number of aryl methyl sites for hydroxylation is 3. The molecular formula is C47H54N4O8. The van der Waals surface area contributed by atoms with E-state index in [1.165, 1.54) is 21.3 Å². The number of carbonyl (C=O) groups excluding carboxylic acids is 4. The lowest BCUT2D eigenvalue weighted by atomic mass is 9.64. The molecule has 12 nitrogen and oxygen atoms in total. The molecular weight excluding hydrogens is 749 g/mol. The van der Waals surface area contributed by atoms with Crippen LogP contribution in [0.5, 0.6) is 0 Å². The number of fused-ring (bicyclic) bond motifs is 11. The van der Waals surface area contributed by atoms with E-state index in [1.807, 2.05) is 58.0 Å². The highest BCUT2D eigenvalue weighted by atomic mass is 16.5. The van der Waals surface area contributed by atoms with E-state index in [0.29, 0.717) is 46.7 Å². The molecule has 0 saturated carbocycles. The molecule has 3 aromatic heterocycles.